The second-order valence-electron chi connectivity index (χ2n) is 8.01. The van der Waals surface area contributed by atoms with Crippen LogP contribution < -0.4 is 4.74 Å². The quantitative estimate of drug-likeness (QED) is 0.763. The Labute approximate surface area is 161 Å². The molecule has 1 spiro atoms. The van der Waals surface area contributed by atoms with E-state index in [-0.39, 0.29) is 11.3 Å². The molecule has 5 heteroatoms. The Morgan fingerprint density at radius 3 is 2.78 bits per heavy atom. The number of hydrogen-bond donors (Lipinski definition) is 0. The van der Waals surface area contributed by atoms with Gasteiger partial charge in [-0.05, 0) is 42.5 Å². The van der Waals surface area contributed by atoms with Gasteiger partial charge in [0.25, 0.3) is 0 Å². The zero-order chi connectivity index (χ0) is 19.1. The Kier molecular flexibility index (Phi) is 4.77. The highest BCUT2D eigenvalue weighted by atomic mass is 16.7. The first-order valence-electron chi connectivity index (χ1n) is 9.85. The number of ether oxygens (including phenoxy) is 3. The van der Waals surface area contributed by atoms with Gasteiger partial charge in [-0.25, -0.2) is 0 Å². The van der Waals surface area contributed by atoms with Crippen LogP contribution in [0.4, 0.5) is 0 Å². The molecular weight excluding hydrogens is 342 g/mol. The van der Waals surface area contributed by atoms with Gasteiger partial charge in [0.15, 0.2) is 5.79 Å². The van der Waals surface area contributed by atoms with Crippen LogP contribution in [0.2, 0.25) is 0 Å². The van der Waals surface area contributed by atoms with Crippen molar-refractivity contribution < 1.29 is 19.0 Å². The minimum atomic E-state index is -0.496. The molecule has 0 bridgehead atoms. The molecule has 0 aromatic heterocycles. The fraction of sp³-hybridized carbons (Fsp3) is 0.591. The first-order valence-corrected chi connectivity index (χ1v) is 9.85. The highest BCUT2D eigenvalue weighted by Crippen LogP contribution is 2.55. The molecule has 1 atom stereocenters. The SMILES string of the molecule is COc1ccc2c(c1)[C@@]1(CCN(C)C(C)=O)CC3(CCC1=CC2)OCCO3. The largest absolute Gasteiger partial charge is 0.497 e. The minimum absolute atomic E-state index is 0.0949. The zero-order valence-corrected chi connectivity index (χ0v) is 16.5. The van der Waals surface area contributed by atoms with Crippen LogP contribution >= 0.6 is 0 Å². The van der Waals surface area contributed by atoms with Crippen molar-refractivity contribution in [1.82, 2.24) is 4.90 Å². The van der Waals surface area contributed by atoms with Crippen LogP contribution in [0.3, 0.4) is 0 Å². The van der Waals surface area contributed by atoms with E-state index in [1.807, 2.05) is 13.1 Å². The predicted molar refractivity (Wildman–Crippen MR) is 103 cm³/mol. The van der Waals surface area contributed by atoms with E-state index in [0.717, 1.165) is 37.9 Å². The van der Waals surface area contributed by atoms with E-state index in [1.165, 1.54) is 16.7 Å². The molecule has 1 amide bonds. The summed E-state index contributed by atoms with van der Waals surface area (Å²) < 4.78 is 17.8. The number of hydrogen-bond acceptors (Lipinski definition) is 4. The topological polar surface area (TPSA) is 48.0 Å². The summed E-state index contributed by atoms with van der Waals surface area (Å²) in [7, 11) is 3.59. The van der Waals surface area contributed by atoms with Crippen LogP contribution in [-0.4, -0.2) is 50.5 Å². The molecular formula is C22H29NO4. The van der Waals surface area contributed by atoms with Gasteiger partial charge < -0.3 is 19.1 Å². The van der Waals surface area contributed by atoms with E-state index in [0.29, 0.717) is 19.8 Å². The second-order valence-corrected chi connectivity index (χ2v) is 8.01. The van der Waals surface area contributed by atoms with Crippen molar-refractivity contribution in [1.29, 1.82) is 0 Å². The van der Waals surface area contributed by atoms with Gasteiger partial charge >= 0.3 is 0 Å². The van der Waals surface area contributed by atoms with E-state index in [9.17, 15) is 4.79 Å². The number of amides is 1. The van der Waals surface area contributed by atoms with Crippen LogP contribution in [0, 0.1) is 0 Å². The van der Waals surface area contributed by atoms with Crippen LogP contribution in [0.25, 0.3) is 0 Å². The summed E-state index contributed by atoms with van der Waals surface area (Å²) in [4.78, 5) is 13.6. The first kappa shape index (κ1) is 18.5. The molecule has 1 aromatic carbocycles. The van der Waals surface area contributed by atoms with Crippen molar-refractivity contribution in [3.05, 3.63) is 41.0 Å². The highest BCUT2D eigenvalue weighted by molar-refractivity contribution is 5.72. The van der Waals surface area contributed by atoms with Crippen LogP contribution in [0.1, 0.15) is 43.7 Å². The molecule has 1 aliphatic heterocycles. The summed E-state index contributed by atoms with van der Waals surface area (Å²) in [5, 5.41) is 0. The van der Waals surface area contributed by atoms with Gasteiger partial charge in [0, 0.05) is 38.8 Å². The summed E-state index contributed by atoms with van der Waals surface area (Å²) in [6.07, 6.45) is 6.89. The Bertz CT molecular complexity index is 766. The fourth-order valence-electron chi connectivity index (χ4n) is 4.97. The van der Waals surface area contributed by atoms with Crippen molar-refractivity contribution in [3.8, 4) is 5.75 Å². The normalized spacial score (nSPS) is 25.5. The molecule has 4 rings (SSSR count). The summed E-state index contributed by atoms with van der Waals surface area (Å²) >= 11 is 0. The summed E-state index contributed by atoms with van der Waals surface area (Å²) in [5.41, 5.74) is 3.94. The summed E-state index contributed by atoms with van der Waals surface area (Å²) in [5.74, 6) is 0.476. The third-order valence-corrected chi connectivity index (χ3v) is 6.59. The second kappa shape index (κ2) is 6.95. The molecule has 146 valence electrons. The Morgan fingerprint density at radius 1 is 1.30 bits per heavy atom. The highest BCUT2D eigenvalue weighted by Gasteiger charge is 2.52. The lowest BCUT2D eigenvalue weighted by atomic mass is 9.59. The van der Waals surface area contributed by atoms with Crippen molar-refractivity contribution >= 4 is 5.91 Å². The third-order valence-electron chi connectivity index (χ3n) is 6.59. The van der Waals surface area contributed by atoms with Crippen LogP contribution in [0.5, 0.6) is 5.75 Å². The van der Waals surface area contributed by atoms with E-state index in [2.05, 4.69) is 18.2 Å². The van der Waals surface area contributed by atoms with Gasteiger partial charge in [-0.2, -0.15) is 0 Å². The van der Waals surface area contributed by atoms with Crippen molar-refractivity contribution in [2.24, 2.45) is 0 Å². The molecule has 2 fully saturated rings. The number of nitrogens with zero attached hydrogens (tertiary/aromatic N) is 1. The number of allylic oxidation sites excluding steroid dienone is 2. The molecule has 0 unspecified atom stereocenters. The maximum atomic E-state index is 11.8. The maximum absolute atomic E-state index is 11.8. The van der Waals surface area contributed by atoms with Gasteiger partial charge in [-0.1, -0.05) is 17.7 Å². The predicted octanol–water partition coefficient (Wildman–Crippen LogP) is 3.21. The Hall–Kier alpha value is -1.85. The average Bonchev–Trinajstić information content (AvgIpc) is 3.13. The lowest BCUT2D eigenvalue weighted by molar-refractivity contribution is -0.184. The lowest BCUT2D eigenvalue weighted by Gasteiger charge is -2.50. The average molecular weight is 371 g/mol. The molecule has 5 nitrogen and oxygen atoms in total. The maximum Gasteiger partial charge on any atom is 0.219 e. The van der Waals surface area contributed by atoms with Gasteiger partial charge in [0.05, 0.1) is 20.3 Å². The van der Waals surface area contributed by atoms with Crippen molar-refractivity contribution in [3.63, 3.8) is 0 Å². The van der Waals surface area contributed by atoms with Gasteiger partial charge in [0.2, 0.25) is 5.91 Å². The van der Waals surface area contributed by atoms with Crippen LogP contribution in [-0.2, 0) is 26.1 Å². The number of methoxy groups -OCH3 is 1. The summed E-state index contributed by atoms with van der Waals surface area (Å²) in [6, 6.07) is 6.40. The van der Waals surface area contributed by atoms with Crippen molar-refractivity contribution in [2.45, 2.75) is 50.2 Å². The van der Waals surface area contributed by atoms with E-state index in [4.69, 9.17) is 14.2 Å². The smallest absolute Gasteiger partial charge is 0.219 e. The Morgan fingerprint density at radius 2 is 2.07 bits per heavy atom. The molecule has 2 aliphatic carbocycles. The molecule has 1 heterocycles. The number of rotatable bonds is 4. The number of carbonyl (C=O) groups is 1. The fourth-order valence-corrected chi connectivity index (χ4v) is 4.97. The summed E-state index contributed by atoms with van der Waals surface area (Å²) in [6.45, 7) is 3.65. The standard InChI is InChI=1S/C22H29NO4/c1-16(24)23(2)11-10-21-15-22(26-12-13-27-22)9-8-18(21)6-4-17-5-7-19(25-3)14-20(17)21/h5-7,14H,4,8-13,15H2,1-3H3/t21-/m0/s1. The zero-order valence-electron chi connectivity index (χ0n) is 16.5. The first-order chi connectivity index (χ1) is 13.0. The molecule has 1 saturated carbocycles. The monoisotopic (exact) mass is 371 g/mol. The minimum Gasteiger partial charge on any atom is -0.497 e. The molecule has 3 aliphatic rings. The number of benzene rings is 1. The van der Waals surface area contributed by atoms with E-state index < -0.39 is 5.79 Å². The van der Waals surface area contributed by atoms with Crippen LogP contribution in [0.15, 0.2) is 29.8 Å². The number of fused-ring (bicyclic) bond motifs is 3. The lowest BCUT2D eigenvalue weighted by Crippen LogP contribution is -2.49. The molecule has 27 heavy (non-hydrogen) atoms. The third kappa shape index (κ3) is 3.17. The van der Waals surface area contributed by atoms with E-state index in [1.54, 1.807) is 18.9 Å². The molecule has 1 aromatic rings. The van der Waals surface area contributed by atoms with Gasteiger partial charge in [0.1, 0.15) is 5.75 Å². The molecule has 0 radical (unpaired) electrons. The molecule has 0 N–H and O–H groups in total. The van der Waals surface area contributed by atoms with Crippen molar-refractivity contribution in [2.75, 3.05) is 33.9 Å². The van der Waals surface area contributed by atoms with Gasteiger partial charge in [-0.15, -0.1) is 0 Å². The van der Waals surface area contributed by atoms with E-state index >= 15 is 0 Å². The Balaban J connectivity index is 1.77. The number of carbonyl (C=O) groups excluding carboxylic acids is 1. The molecule has 1 saturated heterocycles. The van der Waals surface area contributed by atoms with Gasteiger partial charge in [-0.3, -0.25) is 4.79 Å².